The van der Waals surface area contributed by atoms with Crippen LogP contribution in [0.25, 0.3) is 33.4 Å². The van der Waals surface area contributed by atoms with Crippen molar-refractivity contribution in [2.75, 3.05) is 27.3 Å². The smallest absolute Gasteiger partial charge is 0.270 e. The summed E-state index contributed by atoms with van der Waals surface area (Å²) in [5.41, 5.74) is 5.05. The van der Waals surface area contributed by atoms with Crippen LogP contribution in [0.4, 0.5) is 4.39 Å². The molecule has 0 radical (unpaired) electrons. The Kier molecular flexibility index (Phi) is 8.30. The highest BCUT2D eigenvalue weighted by Gasteiger charge is 2.30. The third-order valence-electron chi connectivity index (χ3n) is 9.58. The summed E-state index contributed by atoms with van der Waals surface area (Å²) in [5, 5.41) is 8.31. The van der Waals surface area contributed by atoms with E-state index < -0.39 is 5.82 Å². The number of ether oxygens (including phenoxy) is 2. The van der Waals surface area contributed by atoms with Gasteiger partial charge in [0.1, 0.15) is 11.4 Å². The standard InChI is InChI=1S/C38H35FN8O4/c1-50-32-9-4-3-8-27(32)29-17-28(24-7-6-14-44(19-24)34(48)11-15-47-16-13-41-43-47)35(39)36-30(29)18-31(42-36)38(49)46-22-25-20-45(21-26(25)23-46)37-33(51-2)10-5-12-40-37/h3-5,7-10,12-13,16-18,20-21,42H,6,11,14-15,19,22-23H2,1-2H3. The second kappa shape index (κ2) is 13.2. The van der Waals surface area contributed by atoms with E-state index in [0.29, 0.717) is 72.0 Å². The highest BCUT2D eigenvalue weighted by Crippen LogP contribution is 2.40. The summed E-state index contributed by atoms with van der Waals surface area (Å²) in [4.78, 5) is 38.3. The molecule has 0 aliphatic carbocycles. The van der Waals surface area contributed by atoms with E-state index in [-0.39, 0.29) is 36.0 Å². The van der Waals surface area contributed by atoms with Gasteiger partial charge in [0.15, 0.2) is 17.4 Å². The van der Waals surface area contributed by atoms with Gasteiger partial charge in [0.2, 0.25) is 5.91 Å². The zero-order valence-corrected chi connectivity index (χ0v) is 28.2. The van der Waals surface area contributed by atoms with Crippen LogP contribution in [0, 0.1) is 5.82 Å². The summed E-state index contributed by atoms with van der Waals surface area (Å²) in [7, 11) is 3.20. The molecule has 0 bridgehead atoms. The number of nitrogens with zero attached hydrogens (tertiary/aromatic N) is 7. The molecule has 13 heteroatoms. The Bertz CT molecular complexity index is 2280. The van der Waals surface area contributed by atoms with Gasteiger partial charge in [-0.3, -0.25) is 14.3 Å². The maximum Gasteiger partial charge on any atom is 0.270 e. The highest BCUT2D eigenvalue weighted by atomic mass is 19.1. The van der Waals surface area contributed by atoms with Crippen molar-refractivity contribution in [2.24, 2.45) is 0 Å². The number of hydrogen-bond donors (Lipinski definition) is 1. The number of aromatic nitrogens is 6. The minimum absolute atomic E-state index is 0.0433. The Balaban J connectivity index is 1.11. The zero-order valence-electron chi connectivity index (χ0n) is 28.2. The molecule has 2 amide bonds. The van der Waals surface area contributed by atoms with Crippen LogP contribution < -0.4 is 9.47 Å². The molecular weight excluding hydrogens is 651 g/mol. The van der Waals surface area contributed by atoms with Crippen LogP contribution in [0.1, 0.15) is 40.0 Å². The number of para-hydroxylation sites is 1. The lowest BCUT2D eigenvalue weighted by molar-refractivity contribution is -0.131. The van der Waals surface area contributed by atoms with Crippen molar-refractivity contribution >= 4 is 28.3 Å². The second-order valence-corrected chi connectivity index (χ2v) is 12.6. The van der Waals surface area contributed by atoms with Crippen LogP contribution in [-0.2, 0) is 24.4 Å². The molecule has 6 heterocycles. The van der Waals surface area contributed by atoms with Crippen LogP contribution in [0.2, 0.25) is 0 Å². The number of benzene rings is 2. The molecule has 0 fully saturated rings. The van der Waals surface area contributed by atoms with E-state index in [0.717, 1.165) is 16.7 Å². The SMILES string of the molecule is COc1ccccc1-c1cc(C2=CCCN(C(=O)CCn3ccnn3)C2)c(F)c2[nH]c(C(=O)N3Cc4cn(-c5ncccc5OC)cc4C3)cc12. The number of halogens is 1. The van der Waals surface area contributed by atoms with Gasteiger partial charge in [-0.2, -0.15) is 0 Å². The minimum atomic E-state index is -0.477. The van der Waals surface area contributed by atoms with E-state index in [9.17, 15) is 9.59 Å². The summed E-state index contributed by atoms with van der Waals surface area (Å²) >= 11 is 0. The Morgan fingerprint density at radius 1 is 0.902 bits per heavy atom. The topological polar surface area (TPSA) is 123 Å². The second-order valence-electron chi connectivity index (χ2n) is 12.6. The normalized spacial score (nSPS) is 14.1. The number of rotatable bonds is 9. The fraction of sp³-hybridized carbons (Fsp3) is 0.237. The van der Waals surface area contributed by atoms with E-state index in [4.69, 9.17) is 9.47 Å². The maximum atomic E-state index is 16.7. The molecule has 51 heavy (non-hydrogen) atoms. The third kappa shape index (κ3) is 5.90. The van der Waals surface area contributed by atoms with E-state index in [1.54, 1.807) is 53.4 Å². The first-order valence-corrected chi connectivity index (χ1v) is 16.7. The first-order valence-electron chi connectivity index (χ1n) is 16.7. The van der Waals surface area contributed by atoms with Crippen molar-refractivity contribution in [3.8, 4) is 28.4 Å². The number of amides is 2. The van der Waals surface area contributed by atoms with Gasteiger partial charge in [0.25, 0.3) is 5.91 Å². The molecule has 8 rings (SSSR count). The van der Waals surface area contributed by atoms with Crippen molar-refractivity contribution in [2.45, 2.75) is 32.5 Å². The minimum Gasteiger partial charge on any atom is -0.496 e. The van der Waals surface area contributed by atoms with Crippen LogP contribution in [0.5, 0.6) is 11.5 Å². The number of nitrogens with one attached hydrogen (secondary N) is 1. The van der Waals surface area contributed by atoms with E-state index in [2.05, 4.69) is 20.3 Å². The molecule has 6 aromatic rings. The zero-order chi connectivity index (χ0) is 35.1. The quantitative estimate of drug-likeness (QED) is 0.209. The molecule has 0 saturated heterocycles. The molecule has 2 aromatic carbocycles. The summed E-state index contributed by atoms with van der Waals surface area (Å²) < 4.78 is 31.4. The van der Waals surface area contributed by atoms with Crippen molar-refractivity contribution < 1.29 is 23.5 Å². The average Bonchev–Trinajstić information content (AvgIpc) is 3.99. The number of pyridine rings is 1. The van der Waals surface area contributed by atoms with E-state index in [1.807, 2.05) is 65.5 Å². The number of aryl methyl sites for hydroxylation is 1. The molecule has 4 aromatic heterocycles. The molecule has 0 saturated carbocycles. The molecular formula is C38H35FN8O4. The fourth-order valence-corrected chi connectivity index (χ4v) is 7.03. The molecule has 2 aliphatic heterocycles. The predicted octanol–water partition coefficient (Wildman–Crippen LogP) is 5.63. The van der Waals surface area contributed by atoms with Gasteiger partial charge < -0.3 is 28.8 Å². The van der Waals surface area contributed by atoms with Gasteiger partial charge in [-0.25, -0.2) is 9.37 Å². The van der Waals surface area contributed by atoms with Gasteiger partial charge in [-0.05, 0) is 59.0 Å². The Morgan fingerprint density at radius 3 is 2.45 bits per heavy atom. The molecule has 0 spiro atoms. The van der Waals surface area contributed by atoms with Crippen molar-refractivity contribution in [3.63, 3.8) is 0 Å². The molecule has 0 unspecified atom stereocenters. The Hall–Kier alpha value is -6.24. The maximum absolute atomic E-state index is 16.7. The van der Waals surface area contributed by atoms with E-state index >= 15 is 4.39 Å². The summed E-state index contributed by atoms with van der Waals surface area (Å²) in [5.74, 6) is 1.18. The number of carbonyl (C=O) groups is 2. The van der Waals surface area contributed by atoms with Crippen LogP contribution in [-0.4, -0.2) is 78.5 Å². The van der Waals surface area contributed by atoms with E-state index in [1.165, 1.54) is 0 Å². The number of hydrogen-bond acceptors (Lipinski definition) is 7. The van der Waals surface area contributed by atoms with Gasteiger partial charge >= 0.3 is 0 Å². The lowest BCUT2D eigenvalue weighted by Gasteiger charge is -2.28. The highest BCUT2D eigenvalue weighted by molar-refractivity contribution is 6.05. The third-order valence-corrected chi connectivity index (χ3v) is 9.58. The lowest BCUT2D eigenvalue weighted by atomic mass is 9.93. The number of H-pyrrole nitrogens is 1. The van der Waals surface area contributed by atoms with Gasteiger partial charge in [0, 0.05) is 73.9 Å². The van der Waals surface area contributed by atoms with Crippen molar-refractivity contribution in [3.05, 3.63) is 114 Å². The van der Waals surface area contributed by atoms with Crippen LogP contribution >= 0.6 is 0 Å². The van der Waals surface area contributed by atoms with Crippen LogP contribution in [0.15, 0.2) is 85.6 Å². The van der Waals surface area contributed by atoms with Gasteiger partial charge in [0.05, 0.1) is 32.5 Å². The van der Waals surface area contributed by atoms with Gasteiger partial charge in [-0.1, -0.05) is 29.5 Å². The fourth-order valence-electron chi connectivity index (χ4n) is 7.03. The molecule has 1 N–H and O–H groups in total. The number of methoxy groups -OCH3 is 2. The molecule has 2 aliphatic rings. The Morgan fingerprint density at radius 2 is 1.69 bits per heavy atom. The first-order chi connectivity index (χ1) is 24.9. The molecule has 12 nitrogen and oxygen atoms in total. The summed E-state index contributed by atoms with van der Waals surface area (Å²) in [6.45, 7) is 2.00. The number of aromatic amines is 1. The largest absolute Gasteiger partial charge is 0.496 e. The monoisotopic (exact) mass is 686 g/mol. The average molecular weight is 687 g/mol. The number of fused-ring (bicyclic) bond motifs is 2. The molecule has 258 valence electrons. The lowest BCUT2D eigenvalue weighted by Crippen LogP contribution is -2.36. The van der Waals surface area contributed by atoms with Crippen molar-refractivity contribution in [1.29, 1.82) is 0 Å². The summed E-state index contributed by atoms with van der Waals surface area (Å²) in [6.07, 6.45) is 11.8. The predicted molar refractivity (Wildman–Crippen MR) is 188 cm³/mol. The summed E-state index contributed by atoms with van der Waals surface area (Å²) in [6, 6.07) is 14.8. The molecule has 0 atom stereocenters. The van der Waals surface area contributed by atoms with Crippen molar-refractivity contribution in [1.82, 2.24) is 39.3 Å². The Labute approximate surface area is 292 Å². The first kappa shape index (κ1) is 32.0. The van der Waals surface area contributed by atoms with Crippen LogP contribution in [0.3, 0.4) is 0 Å². The number of carbonyl (C=O) groups excluding carboxylic acids is 2. The van der Waals surface area contributed by atoms with Gasteiger partial charge in [-0.15, -0.1) is 5.10 Å².